The Morgan fingerprint density at radius 2 is 2.14 bits per heavy atom. The largest absolute Gasteiger partial charge is 0.382 e. The summed E-state index contributed by atoms with van der Waals surface area (Å²) in [6.07, 6.45) is 1.83. The third kappa shape index (κ3) is 2.45. The molecule has 0 saturated heterocycles. The van der Waals surface area contributed by atoms with Crippen molar-refractivity contribution in [3.05, 3.63) is 0 Å². The molecule has 0 aliphatic heterocycles. The maximum absolute atomic E-state index is 11.8. The van der Waals surface area contributed by atoms with Gasteiger partial charge >= 0.3 is 0 Å². The zero-order chi connectivity index (χ0) is 10.8. The van der Waals surface area contributed by atoms with Gasteiger partial charge < -0.3 is 15.8 Å². The number of nitrogens with one attached hydrogen (secondary N) is 1. The lowest BCUT2D eigenvalue weighted by Crippen LogP contribution is -2.50. The van der Waals surface area contributed by atoms with Gasteiger partial charge in [-0.3, -0.25) is 4.79 Å². The van der Waals surface area contributed by atoms with Crippen LogP contribution in [0.2, 0.25) is 0 Å². The molecule has 1 aliphatic carbocycles. The van der Waals surface area contributed by atoms with Crippen molar-refractivity contribution in [1.82, 2.24) is 5.32 Å². The highest BCUT2D eigenvalue weighted by atomic mass is 16.5. The molecule has 0 spiro atoms. The topological polar surface area (TPSA) is 64.3 Å². The van der Waals surface area contributed by atoms with E-state index >= 15 is 0 Å². The zero-order valence-electron chi connectivity index (χ0n) is 9.22. The number of amides is 1. The highest BCUT2D eigenvalue weighted by Gasteiger charge is 2.49. The standard InChI is InChI=1S/C10H20N2O2/c1-9(2,7-14-3)12-8(13)10(6-11)4-5-10/h4-7,11H2,1-3H3,(H,12,13). The number of methoxy groups -OCH3 is 1. The maximum Gasteiger partial charge on any atom is 0.227 e. The van der Waals surface area contributed by atoms with Crippen molar-refractivity contribution >= 4 is 5.91 Å². The van der Waals surface area contributed by atoms with E-state index in [-0.39, 0.29) is 16.9 Å². The summed E-state index contributed by atoms with van der Waals surface area (Å²) >= 11 is 0. The van der Waals surface area contributed by atoms with Crippen molar-refractivity contribution in [3.8, 4) is 0 Å². The van der Waals surface area contributed by atoms with Gasteiger partial charge in [-0.2, -0.15) is 0 Å². The molecule has 0 aromatic carbocycles. The third-order valence-corrected chi connectivity index (χ3v) is 2.68. The predicted molar refractivity (Wildman–Crippen MR) is 54.8 cm³/mol. The first kappa shape index (κ1) is 11.5. The Balaban J connectivity index is 2.48. The van der Waals surface area contributed by atoms with Gasteiger partial charge in [0.05, 0.1) is 17.6 Å². The molecule has 1 saturated carbocycles. The Hall–Kier alpha value is -0.610. The lowest BCUT2D eigenvalue weighted by atomic mass is 10.0. The van der Waals surface area contributed by atoms with E-state index in [9.17, 15) is 4.79 Å². The molecule has 0 unspecified atom stereocenters. The lowest BCUT2D eigenvalue weighted by Gasteiger charge is -2.27. The molecule has 0 atom stereocenters. The summed E-state index contributed by atoms with van der Waals surface area (Å²) in [4.78, 5) is 11.8. The smallest absolute Gasteiger partial charge is 0.227 e. The summed E-state index contributed by atoms with van der Waals surface area (Å²) in [6, 6.07) is 0. The first-order valence-corrected chi connectivity index (χ1v) is 4.97. The number of carbonyl (C=O) groups excluding carboxylic acids is 1. The summed E-state index contributed by atoms with van der Waals surface area (Å²) in [5, 5.41) is 2.97. The van der Waals surface area contributed by atoms with Gasteiger partial charge in [-0.15, -0.1) is 0 Å². The van der Waals surface area contributed by atoms with Gasteiger partial charge in [-0.05, 0) is 26.7 Å². The van der Waals surface area contributed by atoms with Crippen LogP contribution in [0.4, 0.5) is 0 Å². The van der Waals surface area contributed by atoms with Crippen LogP contribution >= 0.6 is 0 Å². The van der Waals surface area contributed by atoms with Crippen molar-refractivity contribution < 1.29 is 9.53 Å². The molecule has 1 amide bonds. The first-order chi connectivity index (χ1) is 6.46. The number of ether oxygens (including phenoxy) is 1. The molecule has 14 heavy (non-hydrogen) atoms. The molecule has 1 aliphatic rings. The molecule has 0 bridgehead atoms. The van der Waals surface area contributed by atoms with Crippen LogP contribution in [-0.2, 0) is 9.53 Å². The number of carbonyl (C=O) groups is 1. The molecule has 0 aromatic rings. The first-order valence-electron chi connectivity index (χ1n) is 4.97. The molecule has 1 rings (SSSR count). The number of hydrogen-bond donors (Lipinski definition) is 2. The molecule has 4 nitrogen and oxygen atoms in total. The molecular weight excluding hydrogens is 180 g/mol. The zero-order valence-corrected chi connectivity index (χ0v) is 9.22. The summed E-state index contributed by atoms with van der Waals surface area (Å²) in [7, 11) is 1.63. The van der Waals surface area contributed by atoms with Crippen molar-refractivity contribution in [1.29, 1.82) is 0 Å². The Kier molecular flexibility index (Phi) is 3.17. The molecule has 0 aromatic heterocycles. The minimum atomic E-state index is -0.309. The highest BCUT2D eigenvalue weighted by Crippen LogP contribution is 2.44. The van der Waals surface area contributed by atoms with Gasteiger partial charge in [0.15, 0.2) is 0 Å². The van der Waals surface area contributed by atoms with Gasteiger partial charge in [-0.25, -0.2) is 0 Å². The minimum Gasteiger partial charge on any atom is -0.382 e. The van der Waals surface area contributed by atoms with E-state index in [1.54, 1.807) is 7.11 Å². The SMILES string of the molecule is COCC(C)(C)NC(=O)C1(CN)CC1. The monoisotopic (exact) mass is 200 g/mol. The normalized spacial score (nSPS) is 19.1. The van der Waals surface area contributed by atoms with E-state index in [2.05, 4.69) is 5.32 Å². The van der Waals surface area contributed by atoms with Gasteiger partial charge in [0, 0.05) is 13.7 Å². The van der Waals surface area contributed by atoms with Crippen LogP contribution in [0.15, 0.2) is 0 Å². The number of rotatable bonds is 5. The van der Waals surface area contributed by atoms with Gasteiger partial charge in [0.1, 0.15) is 0 Å². The average Bonchev–Trinajstić information content (AvgIpc) is 2.82. The number of hydrogen-bond acceptors (Lipinski definition) is 3. The van der Waals surface area contributed by atoms with Crippen molar-refractivity contribution in [2.24, 2.45) is 11.1 Å². The molecule has 3 N–H and O–H groups in total. The predicted octanol–water partition coefficient (Wildman–Crippen LogP) is 0.267. The van der Waals surface area contributed by atoms with Crippen LogP contribution in [0.3, 0.4) is 0 Å². The maximum atomic E-state index is 11.8. The van der Waals surface area contributed by atoms with Crippen LogP contribution in [-0.4, -0.2) is 31.7 Å². The second kappa shape index (κ2) is 3.87. The minimum absolute atomic E-state index is 0.0713. The van der Waals surface area contributed by atoms with E-state index in [0.29, 0.717) is 13.2 Å². The average molecular weight is 200 g/mol. The van der Waals surface area contributed by atoms with Crippen molar-refractivity contribution in [2.75, 3.05) is 20.3 Å². The fraction of sp³-hybridized carbons (Fsp3) is 0.900. The lowest BCUT2D eigenvalue weighted by molar-refractivity contribution is -0.128. The summed E-state index contributed by atoms with van der Waals surface area (Å²) < 4.78 is 5.03. The van der Waals surface area contributed by atoms with E-state index in [4.69, 9.17) is 10.5 Å². The molecule has 0 radical (unpaired) electrons. The summed E-state index contributed by atoms with van der Waals surface area (Å²) in [6.45, 7) is 4.85. The Labute approximate surface area is 85.2 Å². The van der Waals surface area contributed by atoms with Crippen LogP contribution in [0.5, 0.6) is 0 Å². The fourth-order valence-electron chi connectivity index (χ4n) is 1.51. The molecule has 0 heterocycles. The summed E-state index contributed by atoms with van der Waals surface area (Å²) in [5.74, 6) is 0.0713. The third-order valence-electron chi connectivity index (χ3n) is 2.68. The van der Waals surface area contributed by atoms with E-state index in [0.717, 1.165) is 12.8 Å². The van der Waals surface area contributed by atoms with Crippen LogP contribution in [0.25, 0.3) is 0 Å². The van der Waals surface area contributed by atoms with Crippen LogP contribution < -0.4 is 11.1 Å². The quantitative estimate of drug-likeness (QED) is 0.669. The molecular formula is C10H20N2O2. The second-order valence-corrected chi connectivity index (χ2v) is 4.76. The number of nitrogens with two attached hydrogens (primary N) is 1. The molecule has 4 heteroatoms. The van der Waals surface area contributed by atoms with Gasteiger partial charge in [0.2, 0.25) is 5.91 Å². The van der Waals surface area contributed by atoms with Gasteiger partial charge in [-0.1, -0.05) is 0 Å². The summed E-state index contributed by atoms with van der Waals surface area (Å²) in [5.41, 5.74) is 4.99. The van der Waals surface area contributed by atoms with Crippen LogP contribution in [0, 0.1) is 5.41 Å². The van der Waals surface area contributed by atoms with E-state index in [1.807, 2.05) is 13.8 Å². The van der Waals surface area contributed by atoms with Crippen molar-refractivity contribution in [2.45, 2.75) is 32.2 Å². The van der Waals surface area contributed by atoms with Crippen molar-refractivity contribution in [3.63, 3.8) is 0 Å². The Bertz CT molecular complexity index is 222. The fourth-order valence-corrected chi connectivity index (χ4v) is 1.51. The highest BCUT2D eigenvalue weighted by molar-refractivity contribution is 5.86. The molecule has 1 fully saturated rings. The Morgan fingerprint density at radius 3 is 2.50 bits per heavy atom. The van der Waals surface area contributed by atoms with E-state index in [1.165, 1.54) is 0 Å². The molecule has 82 valence electrons. The van der Waals surface area contributed by atoms with E-state index < -0.39 is 0 Å². The van der Waals surface area contributed by atoms with Gasteiger partial charge in [0.25, 0.3) is 0 Å². The second-order valence-electron chi connectivity index (χ2n) is 4.76. The van der Waals surface area contributed by atoms with Crippen LogP contribution in [0.1, 0.15) is 26.7 Å². The Morgan fingerprint density at radius 1 is 1.57 bits per heavy atom.